The van der Waals surface area contributed by atoms with Gasteiger partial charge in [0.05, 0.1) is 25.1 Å². The van der Waals surface area contributed by atoms with Crippen molar-refractivity contribution in [1.82, 2.24) is 10.3 Å². The minimum Gasteiger partial charge on any atom is -0.387 e. The smallest absolute Gasteiger partial charge is 0.230 e. The zero-order valence-electron chi connectivity index (χ0n) is 20.1. The average molecular weight is 402 g/mol. The molecule has 0 saturated carbocycles. The second kappa shape index (κ2) is 9.98. The van der Waals surface area contributed by atoms with Gasteiger partial charge in [0.25, 0.3) is 0 Å². The van der Waals surface area contributed by atoms with E-state index in [-0.39, 0.29) is 71.0 Å². The van der Waals surface area contributed by atoms with Gasteiger partial charge in [-0.3, -0.25) is 4.79 Å². The van der Waals surface area contributed by atoms with E-state index in [1.165, 1.54) is 0 Å². The number of nitrogens with one attached hydrogen (secondary N) is 2. The summed E-state index contributed by atoms with van der Waals surface area (Å²) in [5, 5.41) is 15.9. The predicted molar refractivity (Wildman–Crippen MR) is 113 cm³/mol. The number of carbonyl (C=O) groups excluding carboxylic acids is 1. The average Bonchev–Trinajstić information content (AvgIpc) is 3.11. The van der Waals surface area contributed by atoms with Crippen molar-refractivity contribution < 1.29 is 16.8 Å². The molecule has 0 aliphatic heterocycles. The van der Waals surface area contributed by atoms with Crippen molar-refractivity contribution in [3.8, 4) is 0 Å². The lowest BCUT2D eigenvalue weighted by Crippen LogP contribution is -2.23. The lowest BCUT2D eigenvalue weighted by molar-refractivity contribution is -0.115. The molecule has 7 heteroatoms. The molecule has 0 spiro atoms. The number of amides is 1. The van der Waals surface area contributed by atoms with Gasteiger partial charge >= 0.3 is 0 Å². The van der Waals surface area contributed by atoms with E-state index >= 15 is 0 Å². The summed E-state index contributed by atoms with van der Waals surface area (Å²) in [5.41, 5.74) is 6.48. The second-order valence-corrected chi connectivity index (χ2v) is 6.89. The SMILES string of the molecule is [2H]c1sc(N)nc1CC(=O)Nc1c([2H])c([2H])c(CCNC[C@@H](O)c2ccccc2)c([2H])c1[2H]. The number of hydrogen-bond acceptors (Lipinski definition) is 6. The first kappa shape index (κ1) is 14.3. The van der Waals surface area contributed by atoms with Crippen molar-refractivity contribution in [2.45, 2.75) is 18.9 Å². The number of aromatic nitrogens is 1. The van der Waals surface area contributed by atoms with Crippen LogP contribution in [0.15, 0.2) is 59.9 Å². The Kier molecular flexibility index (Phi) is 5.09. The lowest BCUT2D eigenvalue weighted by Gasteiger charge is -2.12. The van der Waals surface area contributed by atoms with Crippen LogP contribution in [0.3, 0.4) is 0 Å². The predicted octanol–water partition coefficient (Wildman–Crippen LogP) is 2.77. The zero-order valence-corrected chi connectivity index (χ0v) is 15.9. The summed E-state index contributed by atoms with van der Waals surface area (Å²) >= 11 is 0.938. The maximum absolute atomic E-state index is 12.4. The molecule has 146 valence electrons. The van der Waals surface area contributed by atoms with E-state index in [1.54, 1.807) is 0 Å². The first-order valence-electron chi connectivity index (χ1n) is 11.2. The van der Waals surface area contributed by atoms with Crippen molar-refractivity contribution in [3.63, 3.8) is 0 Å². The molecule has 0 bridgehead atoms. The topological polar surface area (TPSA) is 100 Å². The quantitative estimate of drug-likeness (QED) is 0.413. The van der Waals surface area contributed by atoms with Crippen LogP contribution in [0.1, 0.15) is 29.8 Å². The van der Waals surface area contributed by atoms with Crippen molar-refractivity contribution >= 4 is 28.1 Å². The summed E-state index contributed by atoms with van der Waals surface area (Å²) in [6.07, 6.45) is -0.752. The summed E-state index contributed by atoms with van der Waals surface area (Å²) in [6, 6.07) is 7.97. The number of aliphatic hydroxyl groups excluding tert-OH is 1. The van der Waals surface area contributed by atoms with E-state index in [2.05, 4.69) is 15.6 Å². The van der Waals surface area contributed by atoms with Gasteiger partial charge in [-0.15, -0.1) is 11.3 Å². The summed E-state index contributed by atoms with van der Waals surface area (Å²) in [5.74, 6) is -0.612. The minimum absolute atomic E-state index is 0.0578. The number of benzene rings is 2. The highest BCUT2D eigenvalue weighted by atomic mass is 32.1. The number of carbonyl (C=O) groups is 1. The number of anilines is 2. The zero-order chi connectivity index (χ0) is 24.1. The molecule has 0 fully saturated rings. The van der Waals surface area contributed by atoms with Crippen molar-refractivity contribution in [3.05, 3.63) is 76.7 Å². The second-order valence-electron chi connectivity index (χ2n) is 6.06. The van der Waals surface area contributed by atoms with Gasteiger partial charge < -0.3 is 21.5 Å². The number of hydrogen-bond donors (Lipinski definition) is 4. The highest BCUT2D eigenvalue weighted by Gasteiger charge is 2.08. The largest absolute Gasteiger partial charge is 0.387 e. The third-order valence-electron chi connectivity index (χ3n) is 3.86. The molecule has 1 amide bonds. The number of nitrogen functional groups attached to an aromatic ring is 1. The summed E-state index contributed by atoms with van der Waals surface area (Å²) in [7, 11) is 0. The lowest BCUT2D eigenvalue weighted by atomic mass is 10.1. The Morgan fingerprint density at radius 1 is 1.25 bits per heavy atom. The maximum Gasteiger partial charge on any atom is 0.230 e. The molecule has 0 unspecified atom stereocenters. The van der Waals surface area contributed by atoms with Gasteiger partial charge in [-0.05, 0) is 36.2 Å². The monoisotopic (exact) mass is 401 g/mol. The van der Waals surface area contributed by atoms with E-state index in [1.807, 2.05) is 30.3 Å². The molecule has 1 aromatic heterocycles. The molecule has 1 atom stereocenters. The fourth-order valence-corrected chi connectivity index (χ4v) is 2.97. The molecule has 3 aromatic rings. The van der Waals surface area contributed by atoms with Crippen LogP contribution < -0.4 is 16.4 Å². The van der Waals surface area contributed by atoms with Crippen LogP contribution in [0.5, 0.6) is 0 Å². The van der Waals surface area contributed by atoms with Gasteiger partial charge in [-0.1, -0.05) is 42.4 Å². The molecule has 1 heterocycles. The van der Waals surface area contributed by atoms with Gasteiger partial charge in [0.15, 0.2) is 5.13 Å². The van der Waals surface area contributed by atoms with Gasteiger partial charge in [0.2, 0.25) is 5.91 Å². The highest BCUT2D eigenvalue weighted by molar-refractivity contribution is 7.13. The van der Waals surface area contributed by atoms with Gasteiger partial charge in [0.1, 0.15) is 0 Å². The normalized spacial score (nSPS) is 14.4. The molecule has 0 aliphatic carbocycles. The van der Waals surface area contributed by atoms with Gasteiger partial charge in [-0.2, -0.15) is 0 Å². The van der Waals surface area contributed by atoms with Crippen LogP contribution in [0.2, 0.25) is 0 Å². The van der Waals surface area contributed by atoms with Crippen LogP contribution in [-0.4, -0.2) is 29.1 Å². The molecule has 3 rings (SSSR count). The number of thiazole rings is 1. The third kappa shape index (κ3) is 6.16. The molecular weight excluding hydrogens is 372 g/mol. The van der Waals surface area contributed by atoms with E-state index in [0.29, 0.717) is 6.54 Å². The molecule has 6 nitrogen and oxygen atoms in total. The summed E-state index contributed by atoms with van der Waals surface area (Å²) in [6.45, 7) is 0.614. The van der Waals surface area contributed by atoms with Crippen LogP contribution in [-0.2, 0) is 17.6 Å². The fraction of sp³-hybridized carbons (Fsp3) is 0.238. The highest BCUT2D eigenvalue weighted by Crippen LogP contribution is 2.14. The Bertz CT molecular complexity index is 1110. The van der Waals surface area contributed by atoms with Crippen molar-refractivity contribution in [2.75, 3.05) is 24.1 Å². The number of nitrogens with two attached hydrogens (primary N) is 1. The third-order valence-corrected chi connectivity index (χ3v) is 4.50. The molecular formula is C21H24N4O2S. The Labute approximate surface area is 175 Å². The van der Waals surface area contributed by atoms with E-state index in [9.17, 15) is 9.90 Å². The van der Waals surface area contributed by atoms with Crippen LogP contribution in [0.25, 0.3) is 0 Å². The van der Waals surface area contributed by atoms with E-state index in [0.717, 1.165) is 16.9 Å². The number of nitrogens with zero attached hydrogens (tertiary/aromatic N) is 1. The van der Waals surface area contributed by atoms with Crippen LogP contribution >= 0.6 is 11.3 Å². The molecule has 0 saturated heterocycles. The fourth-order valence-electron chi connectivity index (χ4n) is 2.47. The van der Waals surface area contributed by atoms with Crippen LogP contribution in [0, 0.1) is 0 Å². The summed E-state index contributed by atoms with van der Waals surface area (Å²) < 4.78 is 40.7. The molecule has 0 radical (unpaired) electrons. The maximum atomic E-state index is 12.4. The first-order valence-corrected chi connectivity index (χ1v) is 9.55. The van der Waals surface area contributed by atoms with Gasteiger partial charge in [0, 0.05) is 17.6 Å². The van der Waals surface area contributed by atoms with Crippen molar-refractivity contribution in [1.29, 1.82) is 0 Å². The Morgan fingerprint density at radius 2 is 2.00 bits per heavy atom. The van der Waals surface area contributed by atoms with Crippen LogP contribution in [0.4, 0.5) is 10.8 Å². The van der Waals surface area contributed by atoms with Crippen molar-refractivity contribution in [2.24, 2.45) is 0 Å². The molecule has 5 N–H and O–H groups in total. The minimum atomic E-state index is -0.703. The van der Waals surface area contributed by atoms with Gasteiger partial charge in [-0.25, -0.2) is 4.98 Å². The molecule has 2 aromatic carbocycles. The Balaban J connectivity index is 1.65. The Hall–Kier alpha value is -2.74. The summed E-state index contributed by atoms with van der Waals surface area (Å²) in [4.78, 5) is 16.3. The van der Waals surface area contributed by atoms with E-state index in [4.69, 9.17) is 12.6 Å². The molecule has 0 aliphatic rings. The first-order chi connectivity index (χ1) is 15.7. The number of aliphatic hydroxyl groups is 1. The van der Waals surface area contributed by atoms with E-state index < -0.39 is 12.0 Å². The Morgan fingerprint density at radius 3 is 2.68 bits per heavy atom. The molecule has 28 heavy (non-hydrogen) atoms. The number of rotatable bonds is 9. The standard InChI is InChI=1S/C21H24N4O2S/c22-21-25-18(14-28-21)12-20(27)24-17-8-6-15(7-9-17)10-11-23-13-19(26)16-4-2-1-3-5-16/h1-9,14,19,23,26H,10-13H2,(H2,22,25)(H,24,27)/t19-/m1/s1/i6D,7D,8D,9D,14D.